The topological polar surface area (TPSA) is 164 Å². The van der Waals surface area contributed by atoms with Gasteiger partial charge in [-0.25, -0.2) is 0 Å². The SMILES string of the molecule is COc1ccc(-c2ccc(OC)cc2C(=O)C(=O)c2cc(O)c3c(c2)OCO3)c(C(=O)C(=O)c2cc(O)c3c(c2)OCO3)c1. The molecule has 0 saturated heterocycles. The highest BCUT2D eigenvalue weighted by atomic mass is 16.7. The van der Waals surface area contributed by atoms with Crippen LogP contribution in [0.3, 0.4) is 0 Å². The van der Waals surface area contributed by atoms with Gasteiger partial charge in [-0.2, -0.15) is 0 Å². The molecule has 0 aliphatic carbocycles. The molecule has 2 N–H and O–H groups in total. The van der Waals surface area contributed by atoms with Crippen LogP contribution < -0.4 is 28.4 Å². The van der Waals surface area contributed by atoms with Crippen LogP contribution in [0.1, 0.15) is 41.4 Å². The maximum Gasteiger partial charge on any atom is 0.234 e. The zero-order valence-electron chi connectivity index (χ0n) is 23.2. The summed E-state index contributed by atoms with van der Waals surface area (Å²) in [5.41, 5.74) is -0.315. The van der Waals surface area contributed by atoms with E-state index in [1.54, 1.807) is 0 Å². The Morgan fingerprint density at radius 3 is 1.36 bits per heavy atom. The molecule has 222 valence electrons. The first-order chi connectivity index (χ1) is 21.2. The van der Waals surface area contributed by atoms with Gasteiger partial charge in [0.1, 0.15) is 11.5 Å². The molecule has 12 heteroatoms. The van der Waals surface area contributed by atoms with Gasteiger partial charge in [-0.05, 0) is 71.8 Å². The average Bonchev–Trinajstić information content (AvgIpc) is 3.73. The molecule has 4 aromatic rings. The normalized spacial score (nSPS) is 12.5. The number of hydrogen-bond acceptors (Lipinski definition) is 12. The number of carbonyl (C=O) groups excluding carboxylic acids is 4. The Hall–Kier alpha value is -6.04. The van der Waals surface area contributed by atoms with Gasteiger partial charge in [0.15, 0.2) is 23.0 Å². The van der Waals surface area contributed by atoms with Crippen LogP contribution in [0, 0.1) is 0 Å². The first kappa shape index (κ1) is 28.1. The fourth-order valence-electron chi connectivity index (χ4n) is 4.90. The molecule has 2 aliphatic heterocycles. The Labute approximate surface area is 248 Å². The maximum atomic E-state index is 13.7. The van der Waals surface area contributed by atoms with Crippen LogP contribution in [-0.4, -0.2) is 61.2 Å². The lowest BCUT2D eigenvalue weighted by Gasteiger charge is -2.15. The number of benzene rings is 4. The summed E-state index contributed by atoms with van der Waals surface area (Å²) in [6.07, 6.45) is 0. The average molecular weight is 599 g/mol. The molecule has 2 heterocycles. The Morgan fingerprint density at radius 1 is 0.568 bits per heavy atom. The van der Waals surface area contributed by atoms with Crippen molar-refractivity contribution < 1.29 is 57.8 Å². The van der Waals surface area contributed by atoms with Gasteiger partial charge in [0.2, 0.25) is 48.2 Å². The largest absolute Gasteiger partial charge is 0.504 e. The van der Waals surface area contributed by atoms with Crippen molar-refractivity contribution in [3.05, 3.63) is 82.9 Å². The molecule has 0 amide bonds. The molecule has 4 aromatic carbocycles. The number of ether oxygens (including phenoxy) is 6. The van der Waals surface area contributed by atoms with E-state index >= 15 is 0 Å². The molecular weight excluding hydrogens is 576 g/mol. The summed E-state index contributed by atoms with van der Waals surface area (Å²) in [5.74, 6) is -3.91. The van der Waals surface area contributed by atoms with Gasteiger partial charge >= 0.3 is 0 Å². The number of hydrogen-bond donors (Lipinski definition) is 2. The lowest BCUT2D eigenvalue weighted by molar-refractivity contribution is 0.0815. The number of ketones is 4. The van der Waals surface area contributed by atoms with Crippen LogP contribution in [-0.2, 0) is 0 Å². The van der Waals surface area contributed by atoms with Crippen molar-refractivity contribution in [3.8, 4) is 57.1 Å². The molecule has 0 atom stereocenters. The van der Waals surface area contributed by atoms with Crippen molar-refractivity contribution in [1.29, 1.82) is 0 Å². The van der Waals surface area contributed by atoms with Gasteiger partial charge in [-0.15, -0.1) is 0 Å². The number of Topliss-reactive ketones (excluding diaryl/α,β-unsaturated/α-hetero) is 4. The van der Waals surface area contributed by atoms with Crippen LogP contribution in [0.25, 0.3) is 11.1 Å². The van der Waals surface area contributed by atoms with Crippen molar-refractivity contribution in [2.75, 3.05) is 27.8 Å². The number of phenols is 2. The number of methoxy groups -OCH3 is 2. The number of carbonyl (C=O) groups is 4. The third kappa shape index (κ3) is 4.77. The monoisotopic (exact) mass is 598 g/mol. The Kier molecular flexibility index (Phi) is 7.01. The van der Waals surface area contributed by atoms with E-state index in [-0.39, 0.29) is 93.0 Å². The van der Waals surface area contributed by atoms with E-state index < -0.39 is 23.1 Å². The zero-order valence-corrected chi connectivity index (χ0v) is 23.2. The van der Waals surface area contributed by atoms with Crippen molar-refractivity contribution in [2.24, 2.45) is 0 Å². The fourth-order valence-corrected chi connectivity index (χ4v) is 4.90. The fraction of sp³-hybridized carbons (Fsp3) is 0.125. The summed E-state index contributed by atoms with van der Waals surface area (Å²) in [6, 6.07) is 13.4. The lowest BCUT2D eigenvalue weighted by atomic mass is 9.88. The van der Waals surface area contributed by atoms with Crippen molar-refractivity contribution in [1.82, 2.24) is 0 Å². The predicted molar refractivity (Wildman–Crippen MR) is 151 cm³/mol. The number of rotatable bonds is 9. The quantitative estimate of drug-likeness (QED) is 0.207. The third-order valence-corrected chi connectivity index (χ3v) is 7.08. The van der Waals surface area contributed by atoms with Gasteiger partial charge in [-0.1, -0.05) is 0 Å². The summed E-state index contributed by atoms with van der Waals surface area (Å²) in [6.45, 7) is -0.319. The predicted octanol–water partition coefficient (Wildman–Crippen LogP) is 4.37. The van der Waals surface area contributed by atoms with E-state index in [1.165, 1.54) is 62.8 Å². The van der Waals surface area contributed by atoms with Crippen LogP contribution in [0.5, 0.6) is 46.0 Å². The van der Waals surface area contributed by atoms with Gasteiger partial charge in [0.25, 0.3) is 0 Å². The molecule has 0 aromatic heterocycles. The van der Waals surface area contributed by atoms with Gasteiger partial charge in [-0.3, -0.25) is 19.2 Å². The molecule has 2 aliphatic rings. The highest BCUT2D eigenvalue weighted by Gasteiger charge is 2.31. The molecule has 0 unspecified atom stereocenters. The van der Waals surface area contributed by atoms with Crippen molar-refractivity contribution in [2.45, 2.75) is 0 Å². The second kappa shape index (κ2) is 11.0. The number of fused-ring (bicyclic) bond motifs is 2. The van der Waals surface area contributed by atoms with Crippen molar-refractivity contribution >= 4 is 23.1 Å². The Balaban J connectivity index is 1.44. The summed E-state index contributed by atoms with van der Waals surface area (Å²) in [4.78, 5) is 54.3. The van der Waals surface area contributed by atoms with Crippen LogP contribution in [0.15, 0.2) is 60.7 Å². The minimum absolute atomic E-state index is 0.0536. The van der Waals surface area contributed by atoms with E-state index in [0.717, 1.165) is 12.1 Å². The molecule has 12 nitrogen and oxygen atoms in total. The highest BCUT2D eigenvalue weighted by molar-refractivity contribution is 6.52. The van der Waals surface area contributed by atoms with Gasteiger partial charge in [0, 0.05) is 22.3 Å². The molecule has 0 bridgehead atoms. The second-order valence-electron chi connectivity index (χ2n) is 9.60. The summed E-state index contributed by atoms with van der Waals surface area (Å²) in [7, 11) is 2.76. The lowest BCUT2D eigenvalue weighted by Crippen LogP contribution is -2.18. The Morgan fingerprint density at radius 2 is 0.977 bits per heavy atom. The Bertz CT molecular complexity index is 1750. The molecule has 44 heavy (non-hydrogen) atoms. The minimum atomic E-state index is -0.988. The van der Waals surface area contributed by atoms with Crippen LogP contribution in [0.4, 0.5) is 0 Å². The smallest absolute Gasteiger partial charge is 0.234 e. The molecule has 0 fully saturated rings. The van der Waals surface area contributed by atoms with Crippen LogP contribution in [0.2, 0.25) is 0 Å². The van der Waals surface area contributed by atoms with E-state index in [0.29, 0.717) is 0 Å². The summed E-state index contributed by atoms with van der Waals surface area (Å²) >= 11 is 0. The zero-order chi connectivity index (χ0) is 31.1. The van der Waals surface area contributed by atoms with E-state index in [1.807, 2.05) is 0 Å². The maximum absolute atomic E-state index is 13.7. The summed E-state index contributed by atoms with van der Waals surface area (Å²) in [5, 5.41) is 20.6. The molecule has 0 spiro atoms. The van der Waals surface area contributed by atoms with Crippen molar-refractivity contribution in [3.63, 3.8) is 0 Å². The number of aromatic hydroxyl groups is 2. The molecule has 0 radical (unpaired) electrons. The molecule has 6 rings (SSSR count). The standard InChI is InChI=1S/C32H22O12/c1-39-17-3-5-19(21(11-17)29(37)27(35)15-7-23(33)31-25(9-15)41-13-43-31)20-6-4-18(40-2)12-22(20)30(38)28(36)16-8-24(34)32-26(10-16)42-14-44-32/h3-12,33-34H,13-14H2,1-2H3. The summed E-state index contributed by atoms with van der Waals surface area (Å²) < 4.78 is 31.4. The number of phenolic OH excluding ortho intramolecular Hbond substituents is 2. The first-order valence-corrected chi connectivity index (χ1v) is 13.0. The highest BCUT2D eigenvalue weighted by Crippen LogP contribution is 2.43. The van der Waals surface area contributed by atoms with Gasteiger partial charge < -0.3 is 38.6 Å². The molecule has 0 saturated carbocycles. The second-order valence-corrected chi connectivity index (χ2v) is 9.60. The van der Waals surface area contributed by atoms with E-state index in [4.69, 9.17) is 28.4 Å². The molecular formula is C32H22O12. The van der Waals surface area contributed by atoms with E-state index in [9.17, 15) is 29.4 Å². The van der Waals surface area contributed by atoms with E-state index in [2.05, 4.69) is 0 Å². The minimum Gasteiger partial charge on any atom is -0.504 e. The van der Waals surface area contributed by atoms with Crippen LogP contribution >= 0.6 is 0 Å². The third-order valence-electron chi connectivity index (χ3n) is 7.08. The first-order valence-electron chi connectivity index (χ1n) is 13.0. The van der Waals surface area contributed by atoms with Gasteiger partial charge in [0.05, 0.1) is 14.2 Å².